The summed E-state index contributed by atoms with van der Waals surface area (Å²) in [7, 11) is 0. The number of hydrogen-bond donors (Lipinski definition) is 0. The van der Waals surface area contributed by atoms with Crippen LogP contribution in [0.3, 0.4) is 0 Å². The SMILES string of the molecule is CC(C)(C)OC(=O)N(CCN1CCCCC1)c1cc(Cl)nc2c(Br)cnn12. The second-order valence-electron chi connectivity index (χ2n) is 7.70. The highest BCUT2D eigenvalue weighted by molar-refractivity contribution is 9.10. The van der Waals surface area contributed by atoms with Gasteiger partial charge in [-0.2, -0.15) is 9.61 Å². The van der Waals surface area contributed by atoms with Crippen molar-refractivity contribution in [1.82, 2.24) is 19.5 Å². The van der Waals surface area contributed by atoms with Crippen LogP contribution < -0.4 is 4.90 Å². The molecule has 0 aliphatic carbocycles. The first-order valence-electron chi connectivity index (χ1n) is 9.17. The number of fused-ring (bicyclic) bond motifs is 1. The normalized spacial score (nSPS) is 15.9. The molecule has 9 heteroatoms. The number of likely N-dealkylation sites (tertiary alicyclic amines) is 1. The number of hydrogen-bond acceptors (Lipinski definition) is 5. The van der Waals surface area contributed by atoms with Crippen molar-refractivity contribution in [2.75, 3.05) is 31.1 Å². The molecule has 2 aromatic rings. The topological polar surface area (TPSA) is 63.0 Å². The monoisotopic (exact) mass is 457 g/mol. The van der Waals surface area contributed by atoms with Crippen molar-refractivity contribution < 1.29 is 9.53 Å². The standard InChI is InChI=1S/C18H25BrClN5O2/c1-18(2,3)27-17(26)24(10-9-23-7-5-4-6-8-23)15-11-14(20)22-16-13(19)12-21-25(15)16/h11-12H,4-10H2,1-3H3. The van der Waals surface area contributed by atoms with E-state index in [1.165, 1.54) is 19.3 Å². The molecule has 3 heterocycles. The van der Waals surface area contributed by atoms with E-state index in [1.807, 2.05) is 20.8 Å². The summed E-state index contributed by atoms with van der Waals surface area (Å²) in [5, 5.41) is 4.64. The minimum atomic E-state index is -0.596. The Morgan fingerprint density at radius 2 is 2.04 bits per heavy atom. The van der Waals surface area contributed by atoms with E-state index < -0.39 is 11.7 Å². The maximum absolute atomic E-state index is 13.0. The van der Waals surface area contributed by atoms with E-state index in [9.17, 15) is 4.79 Å². The largest absolute Gasteiger partial charge is 0.443 e. The molecule has 3 rings (SSSR count). The smallest absolute Gasteiger partial charge is 0.416 e. The van der Waals surface area contributed by atoms with Crippen LogP contribution in [-0.2, 0) is 4.74 Å². The van der Waals surface area contributed by atoms with Crippen LogP contribution >= 0.6 is 27.5 Å². The number of piperidine rings is 1. The molecule has 1 amide bonds. The van der Waals surface area contributed by atoms with Crippen molar-refractivity contribution in [3.05, 3.63) is 21.9 Å². The molecule has 0 spiro atoms. The summed E-state index contributed by atoms with van der Waals surface area (Å²) < 4.78 is 7.96. The van der Waals surface area contributed by atoms with Crippen LogP contribution in [0.4, 0.5) is 10.6 Å². The van der Waals surface area contributed by atoms with Gasteiger partial charge < -0.3 is 9.64 Å². The van der Waals surface area contributed by atoms with Crippen LogP contribution in [0, 0.1) is 0 Å². The van der Waals surface area contributed by atoms with Gasteiger partial charge in [0, 0.05) is 19.2 Å². The highest BCUT2D eigenvalue weighted by Crippen LogP contribution is 2.26. The molecule has 0 atom stereocenters. The van der Waals surface area contributed by atoms with Gasteiger partial charge in [0.25, 0.3) is 0 Å². The van der Waals surface area contributed by atoms with Crippen LogP contribution in [0.15, 0.2) is 16.7 Å². The fourth-order valence-corrected chi connectivity index (χ4v) is 3.65. The Labute approximate surface area is 172 Å². The van der Waals surface area contributed by atoms with Crippen LogP contribution in [0.5, 0.6) is 0 Å². The molecule has 1 aliphatic heterocycles. The lowest BCUT2D eigenvalue weighted by molar-refractivity contribution is 0.0573. The first kappa shape index (κ1) is 20.4. The highest BCUT2D eigenvalue weighted by Gasteiger charge is 2.27. The number of aromatic nitrogens is 3. The Morgan fingerprint density at radius 1 is 1.33 bits per heavy atom. The lowest BCUT2D eigenvalue weighted by Gasteiger charge is -2.31. The first-order chi connectivity index (χ1) is 12.7. The minimum Gasteiger partial charge on any atom is -0.443 e. The zero-order chi connectivity index (χ0) is 19.6. The molecule has 27 heavy (non-hydrogen) atoms. The molecule has 1 aliphatic rings. The summed E-state index contributed by atoms with van der Waals surface area (Å²) in [4.78, 5) is 21.2. The average molecular weight is 459 g/mol. The molecule has 1 saturated heterocycles. The zero-order valence-electron chi connectivity index (χ0n) is 15.9. The summed E-state index contributed by atoms with van der Waals surface area (Å²) in [5.41, 5.74) is -0.0368. The van der Waals surface area contributed by atoms with Crippen LogP contribution in [0.1, 0.15) is 40.0 Å². The summed E-state index contributed by atoms with van der Waals surface area (Å²) in [6.07, 6.45) is 4.89. The van der Waals surface area contributed by atoms with E-state index in [0.29, 0.717) is 27.6 Å². The highest BCUT2D eigenvalue weighted by atomic mass is 79.9. The minimum absolute atomic E-state index is 0.297. The number of nitrogens with zero attached hydrogens (tertiary/aromatic N) is 5. The number of amides is 1. The van der Waals surface area contributed by atoms with Crippen LogP contribution in [0.25, 0.3) is 5.65 Å². The van der Waals surface area contributed by atoms with Crippen molar-refractivity contribution in [1.29, 1.82) is 0 Å². The summed E-state index contributed by atoms with van der Waals surface area (Å²) in [6, 6.07) is 1.65. The summed E-state index contributed by atoms with van der Waals surface area (Å²) in [6.45, 7) is 8.93. The maximum atomic E-state index is 13.0. The number of rotatable bonds is 4. The van der Waals surface area contributed by atoms with Gasteiger partial charge in [-0.15, -0.1) is 0 Å². The third-order valence-electron chi connectivity index (χ3n) is 4.36. The Hall–Kier alpha value is -1.38. The lowest BCUT2D eigenvalue weighted by Crippen LogP contribution is -2.43. The van der Waals surface area contributed by atoms with Crippen molar-refractivity contribution >= 4 is 45.1 Å². The summed E-state index contributed by atoms with van der Waals surface area (Å²) >= 11 is 9.65. The predicted molar refractivity (Wildman–Crippen MR) is 110 cm³/mol. The average Bonchev–Trinajstić information content (AvgIpc) is 2.95. The van der Waals surface area contributed by atoms with E-state index in [1.54, 1.807) is 21.7 Å². The molecule has 0 N–H and O–H groups in total. The van der Waals surface area contributed by atoms with E-state index >= 15 is 0 Å². The molecule has 2 aromatic heterocycles. The third kappa shape index (κ3) is 5.12. The fraction of sp³-hybridized carbons (Fsp3) is 0.611. The zero-order valence-corrected chi connectivity index (χ0v) is 18.3. The Morgan fingerprint density at radius 3 is 2.70 bits per heavy atom. The third-order valence-corrected chi connectivity index (χ3v) is 5.11. The molecule has 0 radical (unpaired) electrons. The molecular weight excluding hydrogens is 434 g/mol. The van der Waals surface area contributed by atoms with Gasteiger partial charge in [-0.25, -0.2) is 9.78 Å². The Kier molecular flexibility index (Phi) is 6.28. The van der Waals surface area contributed by atoms with E-state index in [4.69, 9.17) is 16.3 Å². The van der Waals surface area contributed by atoms with Crippen molar-refractivity contribution in [3.63, 3.8) is 0 Å². The number of ether oxygens (including phenoxy) is 1. The molecule has 0 unspecified atom stereocenters. The maximum Gasteiger partial charge on any atom is 0.416 e. The van der Waals surface area contributed by atoms with Gasteiger partial charge >= 0.3 is 6.09 Å². The number of carbonyl (C=O) groups excluding carboxylic acids is 1. The van der Waals surface area contributed by atoms with Crippen LogP contribution in [0.2, 0.25) is 5.15 Å². The van der Waals surface area contributed by atoms with Gasteiger partial charge in [0.05, 0.1) is 10.7 Å². The van der Waals surface area contributed by atoms with Gasteiger partial charge in [0.1, 0.15) is 16.6 Å². The van der Waals surface area contributed by atoms with E-state index in [2.05, 4.69) is 30.9 Å². The quantitative estimate of drug-likeness (QED) is 0.637. The Bertz CT molecular complexity index is 814. The van der Waals surface area contributed by atoms with Gasteiger partial charge in [-0.05, 0) is 62.6 Å². The van der Waals surface area contributed by atoms with Gasteiger partial charge in [0.2, 0.25) is 0 Å². The Balaban J connectivity index is 1.92. The van der Waals surface area contributed by atoms with Gasteiger partial charge in [-0.3, -0.25) is 4.90 Å². The van der Waals surface area contributed by atoms with Crippen molar-refractivity contribution in [2.45, 2.75) is 45.6 Å². The van der Waals surface area contributed by atoms with Crippen molar-refractivity contribution in [2.24, 2.45) is 0 Å². The first-order valence-corrected chi connectivity index (χ1v) is 10.3. The molecule has 0 bridgehead atoms. The van der Waals surface area contributed by atoms with Crippen molar-refractivity contribution in [3.8, 4) is 0 Å². The molecule has 0 aromatic carbocycles. The van der Waals surface area contributed by atoms with Gasteiger partial charge in [0.15, 0.2) is 5.65 Å². The van der Waals surface area contributed by atoms with Gasteiger partial charge in [-0.1, -0.05) is 18.0 Å². The lowest BCUT2D eigenvalue weighted by atomic mass is 10.1. The predicted octanol–water partition coefficient (Wildman–Crippen LogP) is 4.37. The van der Waals surface area contributed by atoms with E-state index in [-0.39, 0.29) is 0 Å². The molecule has 1 fully saturated rings. The van der Waals surface area contributed by atoms with E-state index in [0.717, 1.165) is 19.6 Å². The number of anilines is 1. The van der Waals surface area contributed by atoms with Crippen LogP contribution in [-0.4, -0.2) is 57.4 Å². The number of halogens is 2. The number of carbonyl (C=O) groups is 1. The second kappa shape index (κ2) is 8.32. The molecular formula is C18H25BrClN5O2. The second-order valence-corrected chi connectivity index (χ2v) is 8.94. The fourth-order valence-electron chi connectivity index (χ4n) is 3.12. The molecule has 7 nitrogen and oxygen atoms in total. The molecule has 148 valence electrons. The molecule has 0 saturated carbocycles. The summed E-state index contributed by atoms with van der Waals surface area (Å²) in [5.74, 6) is 0.543.